The average molecular weight is 672 g/mol. The molecule has 2 aliphatic heterocycles. The van der Waals surface area contributed by atoms with Crippen LogP contribution in [0.4, 0.5) is 5.13 Å². The van der Waals surface area contributed by atoms with Gasteiger partial charge >= 0.3 is 11.9 Å². The number of benzene rings is 1. The molecule has 2 aliphatic rings. The number of carboxylic acids is 2. The van der Waals surface area contributed by atoms with Gasteiger partial charge in [0.15, 0.2) is 16.6 Å². The number of aromatic hydroxyl groups is 1. The Morgan fingerprint density at radius 3 is 2.63 bits per heavy atom. The summed E-state index contributed by atoms with van der Waals surface area (Å²) >= 11 is 2.13. The number of nitrogens with zero attached hydrogens (tertiary/aromatic N) is 3. The second kappa shape index (κ2) is 12.2. The highest BCUT2D eigenvalue weighted by Crippen LogP contribution is 2.40. The maximum Gasteiger partial charge on any atom is 0.352 e. The Morgan fingerprint density at radius 1 is 1.24 bits per heavy atom. The molecule has 0 saturated carbocycles. The Hall–Kier alpha value is -5.43. The summed E-state index contributed by atoms with van der Waals surface area (Å²) in [6, 6.07) is 4.61. The van der Waals surface area contributed by atoms with Gasteiger partial charge in [0.2, 0.25) is 5.60 Å². The molecule has 0 spiro atoms. The number of H-pyrrole nitrogens is 1. The summed E-state index contributed by atoms with van der Waals surface area (Å²) in [5.74, 6) is -5.56. The molecule has 1 unspecified atom stereocenters. The van der Waals surface area contributed by atoms with Crippen LogP contribution in [0.25, 0.3) is 10.9 Å². The van der Waals surface area contributed by atoms with Gasteiger partial charge in [-0.2, -0.15) is 0 Å². The van der Waals surface area contributed by atoms with Crippen molar-refractivity contribution in [3.8, 4) is 5.75 Å². The van der Waals surface area contributed by atoms with E-state index in [1.807, 2.05) is 0 Å². The van der Waals surface area contributed by atoms with Crippen molar-refractivity contribution in [3.63, 3.8) is 0 Å². The lowest BCUT2D eigenvalue weighted by Gasteiger charge is -2.49. The first-order valence-corrected chi connectivity index (χ1v) is 15.2. The first kappa shape index (κ1) is 32.0. The van der Waals surface area contributed by atoms with Gasteiger partial charge in [-0.1, -0.05) is 17.3 Å². The Bertz CT molecular complexity index is 1930. The van der Waals surface area contributed by atoms with E-state index in [0.29, 0.717) is 5.39 Å². The number of nitrogen functional groups attached to an aromatic ring is 1. The third kappa shape index (κ3) is 5.96. The van der Waals surface area contributed by atoms with E-state index < -0.39 is 63.7 Å². The zero-order chi connectivity index (χ0) is 33.5. The van der Waals surface area contributed by atoms with Crippen LogP contribution in [0.1, 0.15) is 29.9 Å². The molecule has 1 fully saturated rings. The number of anilines is 1. The third-order valence-electron chi connectivity index (χ3n) is 6.96. The van der Waals surface area contributed by atoms with E-state index >= 15 is 0 Å². The molecule has 2 aromatic heterocycles. The first-order valence-electron chi connectivity index (χ1n) is 13.2. The van der Waals surface area contributed by atoms with Crippen LogP contribution in [-0.4, -0.2) is 94.9 Å². The number of pyridine rings is 1. The van der Waals surface area contributed by atoms with Crippen LogP contribution in [0.3, 0.4) is 0 Å². The minimum Gasteiger partial charge on any atom is -0.503 e. The number of thiazole rings is 1. The highest BCUT2D eigenvalue weighted by Gasteiger charge is 2.54. The van der Waals surface area contributed by atoms with Gasteiger partial charge < -0.3 is 41.5 Å². The fraction of sp³-hybridized carbons (Fsp3) is 0.259. The Balaban J connectivity index is 1.33. The number of hydrogen-bond acceptors (Lipinski definition) is 13. The third-order valence-corrected chi connectivity index (χ3v) is 8.98. The van der Waals surface area contributed by atoms with Crippen LogP contribution in [0.2, 0.25) is 0 Å². The fourth-order valence-electron chi connectivity index (χ4n) is 4.52. The molecule has 0 bridgehead atoms. The number of para-hydroxylation sites is 1. The lowest BCUT2D eigenvalue weighted by atomic mass is 10.0. The van der Waals surface area contributed by atoms with Gasteiger partial charge in [0.1, 0.15) is 22.8 Å². The van der Waals surface area contributed by atoms with Gasteiger partial charge in [-0.05, 0) is 31.6 Å². The van der Waals surface area contributed by atoms with Crippen LogP contribution in [0.5, 0.6) is 5.75 Å². The molecule has 1 saturated heterocycles. The van der Waals surface area contributed by atoms with Gasteiger partial charge in [-0.3, -0.25) is 24.1 Å². The molecular weight excluding hydrogens is 646 g/mol. The molecule has 17 nitrogen and oxygen atoms in total. The number of fused-ring (bicyclic) bond motifs is 2. The fourth-order valence-corrected chi connectivity index (χ4v) is 6.41. The molecule has 5 rings (SSSR count). The van der Waals surface area contributed by atoms with Gasteiger partial charge in [0, 0.05) is 23.1 Å². The van der Waals surface area contributed by atoms with E-state index in [0.717, 1.165) is 28.0 Å². The zero-order valence-electron chi connectivity index (χ0n) is 23.9. The molecule has 0 radical (unpaired) electrons. The smallest absolute Gasteiger partial charge is 0.352 e. The lowest BCUT2D eigenvalue weighted by molar-refractivity contribution is -0.161. The minimum atomic E-state index is -1.81. The second-order valence-electron chi connectivity index (χ2n) is 10.5. The summed E-state index contributed by atoms with van der Waals surface area (Å²) < 4.78 is 0. The standard InChI is InChI=1S/C27H25N7O10S2/c1-27(2,25(42)43)44-33-16(13-9-46-26(28)30-13)21(38)32-17-22(39)34-18(24(40)41)11(8-45-23(17)34)7-29-19(36)12-5-3-4-10-6-14(35)20(37)31-15(10)12/h3-6,9,17,23,35H,7-8H2,1-2H3,(H2,28,30)(H,29,36)(H,31,37)(H,32,38)(H,40,41)(H,42,43)/b33-16+/t17?,23-/m1/s1. The van der Waals surface area contributed by atoms with Crippen molar-refractivity contribution in [3.05, 3.63) is 62.5 Å². The Labute approximate surface area is 266 Å². The quantitative estimate of drug-likeness (QED) is 0.0853. The number of carboxylic acid groups (broad SMARTS) is 2. The van der Waals surface area contributed by atoms with Crippen molar-refractivity contribution in [1.82, 2.24) is 25.5 Å². The van der Waals surface area contributed by atoms with E-state index in [1.165, 1.54) is 31.4 Å². The number of nitrogens with one attached hydrogen (secondary N) is 3. The topological polar surface area (TPSA) is 267 Å². The van der Waals surface area contributed by atoms with E-state index in [9.17, 15) is 44.1 Å². The van der Waals surface area contributed by atoms with Crippen molar-refractivity contribution in [2.75, 3.05) is 18.0 Å². The molecule has 8 N–H and O–H groups in total. The summed E-state index contributed by atoms with van der Waals surface area (Å²) in [6.07, 6.45) is 0. The second-order valence-corrected chi connectivity index (χ2v) is 12.5. The average Bonchev–Trinajstić information content (AvgIpc) is 3.43. The van der Waals surface area contributed by atoms with Crippen molar-refractivity contribution in [2.45, 2.75) is 30.9 Å². The van der Waals surface area contributed by atoms with Crippen molar-refractivity contribution < 1.29 is 44.1 Å². The summed E-state index contributed by atoms with van der Waals surface area (Å²) in [5.41, 5.74) is 2.71. The van der Waals surface area contributed by atoms with Gasteiger partial charge in [0.25, 0.3) is 23.3 Å². The van der Waals surface area contributed by atoms with Crippen molar-refractivity contribution in [2.24, 2.45) is 5.16 Å². The summed E-state index contributed by atoms with van der Waals surface area (Å²) in [6.45, 7) is 2.17. The molecule has 1 aromatic carbocycles. The Kier molecular flexibility index (Phi) is 8.46. The number of aromatic amines is 1. The number of thioether (sulfide) groups is 1. The highest BCUT2D eigenvalue weighted by molar-refractivity contribution is 8.00. The van der Waals surface area contributed by atoms with Crippen LogP contribution in [-0.2, 0) is 24.0 Å². The number of carbonyl (C=O) groups excluding carboxylic acids is 3. The van der Waals surface area contributed by atoms with Crippen LogP contribution in [0.15, 0.2) is 50.9 Å². The zero-order valence-corrected chi connectivity index (χ0v) is 25.5. The van der Waals surface area contributed by atoms with E-state index in [4.69, 9.17) is 10.6 Å². The van der Waals surface area contributed by atoms with Crippen molar-refractivity contribution >= 4 is 74.5 Å². The molecule has 240 valence electrons. The molecule has 0 aliphatic carbocycles. The summed E-state index contributed by atoms with van der Waals surface area (Å²) in [5, 5.41) is 38.9. The number of aromatic nitrogens is 2. The minimum absolute atomic E-state index is 0.0302. The lowest BCUT2D eigenvalue weighted by Crippen LogP contribution is -2.71. The molecule has 19 heteroatoms. The number of β-lactam (4-membered cyclic amide) rings is 1. The molecule has 3 amide bonds. The SMILES string of the molecule is CC(C)(O/N=C(/C(=O)NC1C(=O)N2C(C(=O)O)=C(CNC(=O)c3cccc4cc(O)c(=O)[nH]c34)CS[C@H]12)c1csc(N)n1)C(=O)O. The number of hydrogen-bond donors (Lipinski definition) is 7. The molecule has 46 heavy (non-hydrogen) atoms. The molecule has 2 atom stereocenters. The number of oxime groups is 1. The summed E-state index contributed by atoms with van der Waals surface area (Å²) in [4.78, 5) is 87.7. The Morgan fingerprint density at radius 2 is 1.98 bits per heavy atom. The molecule has 3 aromatic rings. The maximum atomic E-state index is 13.3. The van der Waals surface area contributed by atoms with E-state index in [1.54, 1.807) is 12.1 Å². The number of rotatable bonds is 10. The maximum absolute atomic E-state index is 13.3. The van der Waals surface area contributed by atoms with Crippen LogP contribution < -0.4 is 21.9 Å². The van der Waals surface area contributed by atoms with Crippen LogP contribution >= 0.6 is 23.1 Å². The number of nitrogens with two attached hydrogens (primary N) is 1. The number of amides is 3. The normalized spacial score (nSPS) is 18.1. The van der Waals surface area contributed by atoms with Crippen LogP contribution in [0, 0.1) is 0 Å². The van der Waals surface area contributed by atoms with Gasteiger partial charge in [0.05, 0.1) is 11.1 Å². The molecule has 4 heterocycles. The summed E-state index contributed by atoms with van der Waals surface area (Å²) in [7, 11) is 0. The predicted molar refractivity (Wildman–Crippen MR) is 164 cm³/mol. The van der Waals surface area contributed by atoms with Gasteiger partial charge in [-0.25, -0.2) is 14.6 Å². The van der Waals surface area contributed by atoms with Crippen molar-refractivity contribution in [1.29, 1.82) is 0 Å². The first-order chi connectivity index (χ1) is 21.7. The number of aliphatic carboxylic acids is 2. The highest BCUT2D eigenvalue weighted by atomic mass is 32.2. The number of carbonyl (C=O) groups is 5. The molecular formula is C27H25N7O10S2. The monoisotopic (exact) mass is 671 g/mol. The largest absolute Gasteiger partial charge is 0.503 e. The predicted octanol–water partition coefficient (Wildman–Crippen LogP) is 0.0249. The van der Waals surface area contributed by atoms with Gasteiger partial charge in [-0.15, -0.1) is 23.1 Å². The van der Waals surface area contributed by atoms with E-state index in [2.05, 4.69) is 25.8 Å². The van der Waals surface area contributed by atoms with E-state index in [-0.39, 0.29) is 45.5 Å².